The first-order valence-electron chi connectivity index (χ1n) is 7.16. The molecule has 0 atom stereocenters. The molecule has 0 bridgehead atoms. The maximum absolute atomic E-state index is 6.46. The number of unbranched alkanes of at least 4 members (excludes halogenated alkanes) is 1. The van der Waals surface area contributed by atoms with Crippen LogP contribution in [0.5, 0.6) is 0 Å². The van der Waals surface area contributed by atoms with Crippen LogP contribution < -0.4 is 0 Å². The molecule has 3 nitrogen and oxygen atoms in total. The van der Waals surface area contributed by atoms with Crippen molar-refractivity contribution in [1.82, 2.24) is 0 Å². The van der Waals surface area contributed by atoms with Gasteiger partial charge in [-0.25, -0.2) is 0 Å². The highest BCUT2D eigenvalue weighted by molar-refractivity contribution is 6.87. The molecule has 0 aliphatic rings. The van der Waals surface area contributed by atoms with E-state index in [-0.39, 0.29) is 0 Å². The lowest BCUT2D eigenvalue weighted by atomic mass is 10.4. The first kappa shape index (κ1) is 19.7. The summed E-state index contributed by atoms with van der Waals surface area (Å²) in [5.74, 6) is 0. The summed E-state index contributed by atoms with van der Waals surface area (Å²) in [6.07, 6.45) is 2.27. The van der Waals surface area contributed by atoms with Gasteiger partial charge in [-0.05, 0) is 71.3 Å². The highest BCUT2D eigenvalue weighted by Crippen LogP contribution is 2.25. The molecule has 7 heteroatoms. The lowest BCUT2D eigenvalue weighted by Crippen LogP contribution is -2.52. The van der Waals surface area contributed by atoms with Crippen LogP contribution in [0.1, 0.15) is 12.8 Å². The fourth-order valence-corrected chi connectivity index (χ4v) is 15.1. The minimum atomic E-state index is -2.01. The van der Waals surface area contributed by atoms with Crippen molar-refractivity contribution in [2.45, 2.75) is 71.3 Å². The number of rotatable bonds is 10. The molecule has 0 rings (SSSR count). The van der Waals surface area contributed by atoms with E-state index in [1.807, 2.05) is 0 Å². The quantitative estimate of drug-likeness (QED) is 0.441. The summed E-state index contributed by atoms with van der Waals surface area (Å²) in [5.41, 5.74) is 0. The van der Waals surface area contributed by atoms with E-state index in [9.17, 15) is 0 Å². The Bertz CT molecular complexity index is 232. The summed E-state index contributed by atoms with van der Waals surface area (Å²) in [6, 6.07) is 1.09. The summed E-state index contributed by atoms with van der Waals surface area (Å²) in [6.45, 7) is 18.7. The summed E-state index contributed by atoms with van der Waals surface area (Å²) in [5, 5.41) is 0. The van der Waals surface area contributed by atoms with Crippen LogP contribution in [-0.2, 0) is 12.7 Å². The lowest BCUT2D eigenvalue weighted by molar-refractivity contribution is 0.323. The molecule has 0 aromatic rings. The van der Waals surface area contributed by atoms with Crippen LogP contribution in [0.15, 0.2) is 0 Å². The highest BCUT2D eigenvalue weighted by Gasteiger charge is 2.39. The minimum Gasteiger partial charge on any atom is -0.437 e. The van der Waals surface area contributed by atoms with Crippen LogP contribution in [0.2, 0.25) is 58.4 Å². The van der Waals surface area contributed by atoms with E-state index in [1.54, 1.807) is 0 Å². The van der Waals surface area contributed by atoms with E-state index in [1.165, 1.54) is 0 Å². The standard InChI is InChI=1S/C12H32O3Si4/c1-16-13-11-9-10-12-19(8,14-17(2,3)4)15-18(5,6)7/h9-12H2,1-8H3. The predicted molar refractivity (Wildman–Crippen MR) is 92.1 cm³/mol. The molecule has 19 heavy (non-hydrogen) atoms. The van der Waals surface area contributed by atoms with E-state index in [0.29, 0.717) is 9.76 Å². The Labute approximate surface area is 125 Å². The zero-order chi connectivity index (χ0) is 15.2. The first-order valence-corrected chi connectivity index (χ1v) is 17.9. The molecule has 114 valence electrons. The normalized spacial score (nSPS) is 13.9. The van der Waals surface area contributed by atoms with Crippen LogP contribution >= 0.6 is 0 Å². The molecule has 0 saturated heterocycles. The molecule has 0 unspecified atom stereocenters. The van der Waals surface area contributed by atoms with E-state index in [0.717, 1.165) is 25.5 Å². The second-order valence-electron chi connectivity index (χ2n) is 7.07. The van der Waals surface area contributed by atoms with Crippen LogP contribution in [0.3, 0.4) is 0 Å². The Morgan fingerprint density at radius 1 is 0.789 bits per heavy atom. The van der Waals surface area contributed by atoms with Crippen LogP contribution in [-0.4, -0.2) is 41.6 Å². The van der Waals surface area contributed by atoms with Gasteiger partial charge in [0.25, 0.3) is 0 Å². The third kappa shape index (κ3) is 12.2. The number of hydrogen-bond donors (Lipinski definition) is 0. The van der Waals surface area contributed by atoms with Gasteiger partial charge >= 0.3 is 8.56 Å². The van der Waals surface area contributed by atoms with E-state index >= 15 is 0 Å². The van der Waals surface area contributed by atoms with Crippen molar-refractivity contribution in [3.05, 3.63) is 0 Å². The maximum Gasteiger partial charge on any atom is 0.314 e. The van der Waals surface area contributed by atoms with Crippen molar-refractivity contribution in [2.24, 2.45) is 0 Å². The third-order valence-electron chi connectivity index (χ3n) is 2.32. The zero-order valence-electron chi connectivity index (χ0n) is 14.1. The second-order valence-corrected chi connectivity index (χ2v) is 20.6. The van der Waals surface area contributed by atoms with E-state index in [2.05, 4.69) is 52.4 Å². The topological polar surface area (TPSA) is 27.7 Å². The fraction of sp³-hybridized carbons (Fsp3) is 1.00. The number of hydrogen-bond acceptors (Lipinski definition) is 3. The van der Waals surface area contributed by atoms with Gasteiger partial charge in [-0.1, -0.05) is 0 Å². The van der Waals surface area contributed by atoms with Crippen molar-refractivity contribution in [2.75, 3.05) is 6.61 Å². The fourth-order valence-electron chi connectivity index (χ4n) is 2.14. The molecule has 2 radical (unpaired) electrons. The smallest absolute Gasteiger partial charge is 0.314 e. The molecule has 0 aromatic carbocycles. The molecule has 0 spiro atoms. The molecule has 0 N–H and O–H groups in total. The maximum atomic E-state index is 6.46. The van der Waals surface area contributed by atoms with Gasteiger partial charge in [0, 0.05) is 6.61 Å². The van der Waals surface area contributed by atoms with Gasteiger partial charge < -0.3 is 12.7 Å². The Balaban J connectivity index is 4.41. The SMILES string of the molecule is C[Si]OCCCC[Si](C)(O[Si](C)(C)C)O[Si](C)(C)C. The second kappa shape index (κ2) is 8.25. The van der Waals surface area contributed by atoms with E-state index in [4.69, 9.17) is 12.7 Å². The van der Waals surface area contributed by atoms with Crippen molar-refractivity contribution >= 4 is 35.0 Å². The van der Waals surface area contributed by atoms with Gasteiger partial charge in [-0.3, -0.25) is 0 Å². The van der Waals surface area contributed by atoms with Crippen molar-refractivity contribution in [3.63, 3.8) is 0 Å². The minimum absolute atomic E-state index is 0.601. The molecule has 0 aliphatic heterocycles. The summed E-state index contributed by atoms with van der Waals surface area (Å²) < 4.78 is 18.3. The summed E-state index contributed by atoms with van der Waals surface area (Å²) >= 11 is 0. The molecule has 0 aliphatic carbocycles. The van der Waals surface area contributed by atoms with Gasteiger partial charge in [-0.2, -0.15) is 0 Å². The molecular formula is C12H32O3Si4. The largest absolute Gasteiger partial charge is 0.437 e. The van der Waals surface area contributed by atoms with Gasteiger partial charge in [0.1, 0.15) is 0 Å². The van der Waals surface area contributed by atoms with Crippen LogP contribution in [0, 0.1) is 0 Å². The monoisotopic (exact) mass is 336 g/mol. The molecular weight excluding hydrogens is 304 g/mol. The van der Waals surface area contributed by atoms with Crippen molar-refractivity contribution in [1.29, 1.82) is 0 Å². The van der Waals surface area contributed by atoms with Gasteiger partial charge in [0.2, 0.25) is 9.76 Å². The average Bonchev–Trinajstić information content (AvgIpc) is 2.10. The van der Waals surface area contributed by atoms with Crippen LogP contribution in [0.25, 0.3) is 0 Å². The van der Waals surface area contributed by atoms with Crippen LogP contribution in [0.4, 0.5) is 0 Å². The summed E-state index contributed by atoms with van der Waals surface area (Å²) in [4.78, 5) is 0. The zero-order valence-corrected chi connectivity index (χ0v) is 18.1. The Kier molecular flexibility index (Phi) is 8.58. The van der Waals surface area contributed by atoms with Gasteiger partial charge in [-0.15, -0.1) is 0 Å². The predicted octanol–water partition coefficient (Wildman–Crippen LogP) is 4.23. The van der Waals surface area contributed by atoms with Gasteiger partial charge in [0.05, 0.1) is 0 Å². The molecule has 0 saturated carbocycles. The molecule has 0 fully saturated rings. The Morgan fingerprint density at radius 3 is 1.63 bits per heavy atom. The Morgan fingerprint density at radius 2 is 1.26 bits per heavy atom. The molecule has 0 heterocycles. The molecule has 0 amide bonds. The third-order valence-corrected chi connectivity index (χ3v) is 12.4. The molecule has 0 aromatic heterocycles. The average molecular weight is 337 g/mol. The lowest BCUT2D eigenvalue weighted by Gasteiger charge is -2.38. The van der Waals surface area contributed by atoms with Crippen molar-refractivity contribution < 1.29 is 12.7 Å². The summed E-state index contributed by atoms with van der Waals surface area (Å²) in [7, 11) is -4.49. The van der Waals surface area contributed by atoms with Crippen molar-refractivity contribution in [3.8, 4) is 0 Å². The highest BCUT2D eigenvalue weighted by atomic mass is 28.5. The van der Waals surface area contributed by atoms with E-state index < -0.39 is 25.2 Å². The Hall–Kier alpha value is 0.748. The first-order chi connectivity index (χ1) is 8.47. The van der Waals surface area contributed by atoms with Gasteiger partial charge in [0.15, 0.2) is 16.6 Å².